The van der Waals surface area contributed by atoms with Crippen molar-refractivity contribution in [1.82, 2.24) is 10.1 Å². The maximum absolute atomic E-state index is 5.74. The average molecular weight is 275 g/mol. The second-order valence-electron chi connectivity index (χ2n) is 4.70. The molecule has 1 atom stereocenters. The molecule has 1 aliphatic rings. The molecule has 2 heterocycles. The number of methoxy groups -OCH3 is 1. The van der Waals surface area contributed by atoms with Gasteiger partial charge in [-0.15, -0.1) is 0 Å². The third-order valence-electron chi connectivity index (χ3n) is 3.27. The van der Waals surface area contributed by atoms with Gasteiger partial charge in [-0.05, 0) is 18.1 Å². The van der Waals surface area contributed by atoms with Crippen molar-refractivity contribution in [3.8, 4) is 5.75 Å². The van der Waals surface area contributed by atoms with Gasteiger partial charge in [-0.2, -0.15) is 4.98 Å². The maximum Gasteiger partial charge on any atom is 0.321 e. The second-order valence-corrected chi connectivity index (χ2v) is 4.70. The molecule has 1 N–H and O–H groups in total. The normalized spacial score (nSPS) is 17.4. The molecule has 0 fully saturated rings. The summed E-state index contributed by atoms with van der Waals surface area (Å²) >= 11 is 0. The highest BCUT2D eigenvalue weighted by atomic mass is 16.5. The van der Waals surface area contributed by atoms with Crippen molar-refractivity contribution in [2.75, 3.05) is 32.2 Å². The van der Waals surface area contributed by atoms with Crippen LogP contribution in [0.3, 0.4) is 0 Å². The van der Waals surface area contributed by atoms with Gasteiger partial charge in [0.1, 0.15) is 5.75 Å². The van der Waals surface area contributed by atoms with Gasteiger partial charge in [-0.25, -0.2) is 0 Å². The van der Waals surface area contributed by atoms with Gasteiger partial charge in [-0.3, -0.25) is 0 Å². The molecule has 0 aliphatic carbocycles. The number of aromatic nitrogens is 2. The van der Waals surface area contributed by atoms with Gasteiger partial charge in [0.25, 0.3) is 0 Å². The molecule has 1 aromatic carbocycles. The molecule has 6 heteroatoms. The van der Waals surface area contributed by atoms with Crippen molar-refractivity contribution < 1.29 is 14.0 Å². The number of anilines is 1. The summed E-state index contributed by atoms with van der Waals surface area (Å²) in [6.07, 6.45) is 0.868. The Morgan fingerprint density at radius 1 is 1.40 bits per heavy atom. The molecule has 0 amide bonds. The van der Waals surface area contributed by atoms with Crippen LogP contribution in [0.25, 0.3) is 0 Å². The Bertz CT molecular complexity index is 570. The number of nitrogens with one attached hydrogen (secondary N) is 1. The molecule has 20 heavy (non-hydrogen) atoms. The quantitative estimate of drug-likeness (QED) is 0.840. The molecule has 0 radical (unpaired) electrons. The predicted molar refractivity (Wildman–Crippen MR) is 73.0 cm³/mol. The zero-order chi connectivity index (χ0) is 13.8. The number of rotatable bonds is 5. The van der Waals surface area contributed by atoms with E-state index >= 15 is 0 Å². The monoisotopic (exact) mass is 275 g/mol. The van der Waals surface area contributed by atoms with Crippen molar-refractivity contribution >= 4 is 6.01 Å². The van der Waals surface area contributed by atoms with Gasteiger partial charge < -0.3 is 19.3 Å². The topological polar surface area (TPSA) is 69.4 Å². The van der Waals surface area contributed by atoms with E-state index in [9.17, 15) is 0 Å². The standard InChI is InChI=1S/C14H17N3O3/c1-18-7-6-15-14-16-13(17-20-14)11-8-10-4-2-3-5-12(10)19-9-11/h2-5,11H,6-9H2,1H3,(H,15,16,17). The molecular weight excluding hydrogens is 258 g/mol. The van der Waals surface area contributed by atoms with E-state index in [1.165, 1.54) is 5.56 Å². The fraction of sp³-hybridized carbons (Fsp3) is 0.429. The lowest BCUT2D eigenvalue weighted by Crippen LogP contribution is -2.20. The molecule has 3 rings (SSSR count). The zero-order valence-corrected chi connectivity index (χ0v) is 11.3. The fourth-order valence-corrected chi connectivity index (χ4v) is 2.23. The number of hydrogen-bond donors (Lipinski definition) is 1. The zero-order valence-electron chi connectivity index (χ0n) is 11.3. The summed E-state index contributed by atoms with van der Waals surface area (Å²) in [5, 5.41) is 7.04. The van der Waals surface area contributed by atoms with Crippen LogP contribution in [0.5, 0.6) is 5.75 Å². The largest absolute Gasteiger partial charge is 0.493 e. The lowest BCUT2D eigenvalue weighted by atomic mass is 9.96. The lowest BCUT2D eigenvalue weighted by Gasteiger charge is -2.22. The summed E-state index contributed by atoms with van der Waals surface area (Å²) in [5.74, 6) is 1.76. The van der Waals surface area contributed by atoms with E-state index in [-0.39, 0.29) is 5.92 Å². The third-order valence-corrected chi connectivity index (χ3v) is 3.27. The first-order valence-corrected chi connectivity index (χ1v) is 6.64. The van der Waals surface area contributed by atoms with Crippen LogP contribution < -0.4 is 10.1 Å². The molecular formula is C14H17N3O3. The maximum atomic E-state index is 5.74. The summed E-state index contributed by atoms with van der Waals surface area (Å²) in [5.41, 5.74) is 1.18. The molecule has 0 saturated carbocycles. The first kappa shape index (κ1) is 12.9. The van der Waals surface area contributed by atoms with Gasteiger partial charge in [0.2, 0.25) is 0 Å². The van der Waals surface area contributed by atoms with Crippen molar-refractivity contribution in [1.29, 1.82) is 0 Å². The van der Waals surface area contributed by atoms with Crippen LogP contribution in [0.4, 0.5) is 6.01 Å². The molecule has 0 bridgehead atoms. The van der Waals surface area contributed by atoms with Gasteiger partial charge in [-0.1, -0.05) is 23.4 Å². The molecule has 106 valence electrons. The van der Waals surface area contributed by atoms with Crippen LogP contribution in [0, 0.1) is 0 Å². The smallest absolute Gasteiger partial charge is 0.321 e. The summed E-state index contributed by atoms with van der Waals surface area (Å²) in [7, 11) is 1.65. The van der Waals surface area contributed by atoms with Crippen molar-refractivity contribution in [2.45, 2.75) is 12.3 Å². The average Bonchev–Trinajstić information content (AvgIpc) is 2.96. The van der Waals surface area contributed by atoms with Crippen molar-refractivity contribution in [3.05, 3.63) is 35.7 Å². The number of ether oxygens (including phenoxy) is 2. The first-order valence-electron chi connectivity index (χ1n) is 6.64. The summed E-state index contributed by atoms with van der Waals surface area (Å²) in [6, 6.07) is 8.47. The van der Waals surface area contributed by atoms with Crippen molar-refractivity contribution in [3.63, 3.8) is 0 Å². The molecule has 0 saturated heterocycles. The highest BCUT2D eigenvalue weighted by molar-refractivity contribution is 5.36. The number of hydrogen-bond acceptors (Lipinski definition) is 6. The van der Waals surface area contributed by atoms with E-state index in [1.807, 2.05) is 18.2 Å². The van der Waals surface area contributed by atoms with E-state index in [2.05, 4.69) is 21.5 Å². The van der Waals surface area contributed by atoms with E-state index in [0.29, 0.717) is 31.6 Å². The van der Waals surface area contributed by atoms with E-state index in [1.54, 1.807) is 7.11 Å². The Balaban J connectivity index is 1.66. The van der Waals surface area contributed by atoms with E-state index in [0.717, 1.165) is 12.2 Å². The van der Waals surface area contributed by atoms with E-state index in [4.69, 9.17) is 14.0 Å². The van der Waals surface area contributed by atoms with Crippen LogP contribution >= 0.6 is 0 Å². The molecule has 1 aliphatic heterocycles. The molecule has 1 unspecified atom stereocenters. The summed E-state index contributed by atoms with van der Waals surface area (Å²) < 4.78 is 15.9. The minimum absolute atomic E-state index is 0.131. The Morgan fingerprint density at radius 3 is 3.20 bits per heavy atom. The second kappa shape index (κ2) is 5.92. The van der Waals surface area contributed by atoms with Crippen LogP contribution in [0.2, 0.25) is 0 Å². The highest BCUT2D eigenvalue weighted by Gasteiger charge is 2.25. The Hall–Kier alpha value is -2.08. The summed E-state index contributed by atoms with van der Waals surface area (Å²) in [4.78, 5) is 4.35. The summed E-state index contributed by atoms with van der Waals surface area (Å²) in [6.45, 7) is 1.81. The molecule has 0 spiro atoms. The van der Waals surface area contributed by atoms with Gasteiger partial charge in [0.05, 0.1) is 19.1 Å². The molecule has 2 aromatic rings. The molecule has 1 aromatic heterocycles. The number of benzene rings is 1. The highest BCUT2D eigenvalue weighted by Crippen LogP contribution is 2.31. The number of para-hydroxylation sites is 1. The predicted octanol–water partition coefficient (Wildman–Crippen LogP) is 1.85. The minimum atomic E-state index is 0.131. The molecule has 6 nitrogen and oxygen atoms in total. The van der Waals surface area contributed by atoms with Crippen LogP contribution in [0.15, 0.2) is 28.8 Å². The Morgan fingerprint density at radius 2 is 2.30 bits per heavy atom. The Labute approximate surface area is 117 Å². The van der Waals surface area contributed by atoms with Crippen LogP contribution in [-0.4, -0.2) is 37.0 Å². The minimum Gasteiger partial charge on any atom is -0.493 e. The third kappa shape index (κ3) is 2.75. The van der Waals surface area contributed by atoms with Crippen molar-refractivity contribution in [2.24, 2.45) is 0 Å². The van der Waals surface area contributed by atoms with Gasteiger partial charge in [0, 0.05) is 13.7 Å². The number of fused-ring (bicyclic) bond motifs is 1. The van der Waals surface area contributed by atoms with Crippen LogP contribution in [-0.2, 0) is 11.2 Å². The Kier molecular flexibility index (Phi) is 3.83. The van der Waals surface area contributed by atoms with E-state index < -0.39 is 0 Å². The lowest BCUT2D eigenvalue weighted by molar-refractivity contribution is 0.210. The van der Waals surface area contributed by atoms with Gasteiger partial charge >= 0.3 is 6.01 Å². The first-order chi connectivity index (χ1) is 9.86. The SMILES string of the molecule is COCCNc1nc(C2COc3ccccc3C2)no1. The van der Waals surface area contributed by atoms with Gasteiger partial charge in [0.15, 0.2) is 5.82 Å². The van der Waals surface area contributed by atoms with Crippen LogP contribution in [0.1, 0.15) is 17.3 Å². The fourth-order valence-electron chi connectivity index (χ4n) is 2.23. The number of nitrogens with zero attached hydrogens (tertiary/aromatic N) is 2.